The first kappa shape index (κ1) is 18.0. The molecule has 1 aliphatic rings. The Morgan fingerprint density at radius 1 is 1.25 bits per heavy atom. The molecule has 0 saturated heterocycles. The van der Waals surface area contributed by atoms with Crippen LogP contribution in [0.3, 0.4) is 0 Å². The number of carboxylic acid groups (broad SMARTS) is 1. The smallest absolute Gasteiger partial charge is 0.329 e. The van der Waals surface area contributed by atoms with Crippen molar-refractivity contribution in [2.45, 2.75) is 18.9 Å². The summed E-state index contributed by atoms with van der Waals surface area (Å²) >= 11 is 11.9. The number of ether oxygens (including phenoxy) is 1. The highest BCUT2D eigenvalue weighted by Gasteiger charge is 2.26. The zero-order valence-electron chi connectivity index (χ0n) is 12.2. The summed E-state index contributed by atoms with van der Waals surface area (Å²) in [6.07, 6.45) is 2.96. The number of carbonyl (C=O) groups is 3. The molecule has 2 N–H and O–H groups in total. The zero-order chi connectivity index (χ0) is 17.7. The van der Waals surface area contributed by atoms with Gasteiger partial charge in [-0.1, -0.05) is 23.2 Å². The van der Waals surface area contributed by atoms with Gasteiger partial charge in [0.15, 0.2) is 5.75 Å². The Hall–Kier alpha value is -2.32. The van der Waals surface area contributed by atoms with Crippen LogP contribution in [0, 0.1) is 0 Å². The Morgan fingerprint density at radius 3 is 2.42 bits per heavy atom. The van der Waals surface area contributed by atoms with Crippen molar-refractivity contribution in [1.82, 2.24) is 10.7 Å². The highest BCUT2D eigenvalue weighted by Crippen LogP contribution is 2.33. The lowest BCUT2D eigenvalue weighted by molar-refractivity contribution is -0.307. The summed E-state index contributed by atoms with van der Waals surface area (Å²) in [4.78, 5) is 33.2. The lowest BCUT2D eigenvalue weighted by Gasteiger charge is -2.11. The zero-order valence-corrected chi connectivity index (χ0v) is 13.7. The molecule has 0 aromatic heterocycles. The number of hydrogen-bond donors (Lipinski definition) is 2. The van der Waals surface area contributed by atoms with Gasteiger partial charge in [0, 0.05) is 6.04 Å². The number of carboxylic acids is 1. The molecule has 0 bridgehead atoms. The number of benzene rings is 1. The topological polar surface area (TPSA) is 120 Å². The lowest BCUT2D eigenvalue weighted by Crippen LogP contribution is -2.38. The van der Waals surface area contributed by atoms with Crippen molar-refractivity contribution in [3.05, 3.63) is 27.7 Å². The maximum atomic E-state index is 11.5. The average molecular weight is 373 g/mol. The van der Waals surface area contributed by atoms with Gasteiger partial charge >= 0.3 is 11.8 Å². The second-order valence-corrected chi connectivity index (χ2v) is 5.74. The molecule has 8 nitrogen and oxygen atoms in total. The third-order valence-corrected chi connectivity index (χ3v) is 3.41. The van der Waals surface area contributed by atoms with E-state index in [4.69, 9.17) is 27.9 Å². The van der Waals surface area contributed by atoms with Crippen molar-refractivity contribution in [2.75, 3.05) is 6.61 Å². The molecule has 1 aliphatic carbocycles. The summed E-state index contributed by atoms with van der Waals surface area (Å²) in [7, 11) is 0. The van der Waals surface area contributed by atoms with Gasteiger partial charge < -0.3 is 20.0 Å². The molecule has 1 aromatic rings. The summed E-state index contributed by atoms with van der Waals surface area (Å²) in [5, 5.41) is 16.6. The van der Waals surface area contributed by atoms with Crippen molar-refractivity contribution in [3.8, 4) is 5.75 Å². The van der Waals surface area contributed by atoms with E-state index >= 15 is 0 Å². The Kier molecular flexibility index (Phi) is 5.99. The Balaban J connectivity index is 1.95. The minimum atomic E-state index is -1.42. The molecule has 2 amide bonds. The Labute approximate surface area is 146 Å². The number of nitrogens with zero attached hydrogens (tertiary/aromatic N) is 1. The summed E-state index contributed by atoms with van der Waals surface area (Å²) < 4.78 is 4.91. The van der Waals surface area contributed by atoms with Gasteiger partial charge in [0.2, 0.25) is 0 Å². The van der Waals surface area contributed by atoms with E-state index in [1.165, 1.54) is 18.3 Å². The fourth-order valence-corrected chi connectivity index (χ4v) is 2.23. The molecule has 0 atom stereocenters. The van der Waals surface area contributed by atoms with E-state index in [1.807, 2.05) is 0 Å². The number of halogens is 2. The second-order valence-electron chi connectivity index (χ2n) is 4.92. The van der Waals surface area contributed by atoms with Gasteiger partial charge in [-0.05, 0) is 30.5 Å². The first-order valence-corrected chi connectivity index (χ1v) is 7.58. The third kappa shape index (κ3) is 5.39. The van der Waals surface area contributed by atoms with E-state index in [-0.39, 0.29) is 21.8 Å². The molecule has 0 spiro atoms. The summed E-state index contributed by atoms with van der Waals surface area (Å²) in [6.45, 7) is -0.695. The Bertz CT molecular complexity index is 681. The van der Waals surface area contributed by atoms with Crippen LogP contribution in [0.25, 0.3) is 0 Å². The van der Waals surface area contributed by atoms with E-state index in [1.54, 1.807) is 0 Å². The highest BCUT2D eigenvalue weighted by molar-refractivity contribution is 6.37. The molecule has 128 valence electrons. The fraction of sp³-hybridized carbons (Fsp3) is 0.286. The van der Waals surface area contributed by atoms with E-state index in [0.717, 1.165) is 12.8 Å². The number of aliphatic carboxylic acids is 1. The molecule has 24 heavy (non-hydrogen) atoms. The van der Waals surface area contributed by atoms with E-state index in [0.29, 0.717) is 5.56 Å². The molecule has 0 radical (unpaired) electrons. The normalized spacial score (nSPS) is 13.6. The second kappa shape index (κ2) is 7.98. The molecule has 0 unspecified atom stereocenters. The Morgan fingerprint density at radius 2 is 1.88 bits per heavy atom. The van der Waals surface area contributed by atoms with Crippen molar-refractivity contribution in [3.63, 3.8) is 0 Å². The molecular weight excluding hydrogens is 361 g/mol. The highest BCUT2D eigenvalue weighted by atomic mass is 35.5. The molecule has 1 aromatic carbocycles. The van der Waals surface area contributed by atoms with E-state index in [2.05, 4.69) is 15.8 Å². The first-order chi connectivity index (χ1) is 11.4. The predicted octanol–water partition coefficient (Wildman–Crippen LogP) is -0.149. The minimum Gasteiger partial charge on any atom is -0.546 e. The minimum absolute atomic E-state index is 0.00692. The number of carbonyl (C=O) groups excluding carboxylic acids is 3. The van der Waals surface area contributed by atoms with Crippen LogP contribution in [0.15, 0.2) is 17.2 Å². The summed E-state index contributed by atoms with van der Waals surface area (Å²) in [5.41, 5.74) is 2.48. The quantitative estimate of drug-likeness (QED) is 0.408. The maximum absolute atomic E-state index is 11.5. The summed E-state index contributed by atoms with van der Waals surface area (Å²) in [5.74, 6) is -3.06. The largest absolute Gasteiger partial charge is 0.546 e. The monoisotopic (exact) mass is 372 g/mol. The lowest BCUT2D eigenvalue weighted by atomic mass is 10.2. The molecule has 0 heterocycles. The van der Waals surface area contributed by atoms with E-state index in [9.17, 15) is 19.5 Å². The van der Waals surface area contributed by atoms with Crippen molar-refractivity contribution in [2.24, 2.45) is 5.10 Å². The third-order valence-electron chi connectivity index (χ3n) is 2.85. The van der Waals surface area contributed by atoms with Crippen molar-refractivity contribution < 1.29 is 24.2 Å². The van der Waals surface area contributed by atoms with Crippen LogP contribution in [-0.4, -0.2) is 36.6 Å². The van der Waals surface area contributed by atoms with Gasteiger partial charge in [0.05, 0.1) is 22.2 Å². The standard InChI is InChI=1S/C14H13Cl2N3O5/c15-9-3-7(4-10(16)12(9)24-6-11(20)21)5-17-19-14(23)13(22)18-8-1-2-8/h3-5,8H,1-2,6H2,(H,18,22)(H,19,23)(H,20,21)/p-1/b17-5-. The van der Waals surface area contributed by atoms with Gasteiger partial charge in [-0.2, -0.15) is 5.10 Å². The molecule has 1 fully saturated rings. The van der Waals surface area contributed by atoms with Gasteiger partial charge in [0.1, 0.15) is 6.61 Å². The number of rotatable bonds is 6. The van der Waals surface area contributed by atoms with Gasteiger partial charge in [-0.3, -0.25) is 9.59 Å². The van der Waals surface area contributed by atoms with Crippen LogP contribution in [0.5, 0.6) is 5.75 Å². The van der Waals surface area contributed by atoms with Crippen LogP contribution in [0.2, 0.25) is 10.0 Å². The molecule has 0 aliphatic heterocycles. The van der Waals surface area contributed by atoms with Gasteiger partial charge in [0.25, 0.3) is 0 Å². The molecule has 2 rings (SSSR count). The number of hydrogen-bond acceptors (Lipinski definition) is 6. The van der Waals surface area contributed by atoms with Gasteiger partial charge in [-0.15, -0.1) is 0 Å². The molecule has 10 heteroatoms. The maximum Gasteiger partial charge on any atom is 0.329 e. The van der Waals surface area contributed by atoms with Crippen molar-refractivity contribution >= 4 is 47.2 Å². The first-order valence-electron chi connectivity index (χ1n) is 6.82. The summed E-state index contributed by atoms with van der Waals surface area (Å²) in [6, 6.07) is 2.87. The van der Waals surface area contributed by atoms with Crippen LogP contribution in [-0.2, 0) is 14.4 Å². The van der Waals surface area contributed by atoms with E-state index < -0.39 is 24.4 Å². The van der Waals surface area contributed by atoms with Gasteiger partial charge in [-0.25, -0.2) is 5.43 Å². The molecule has 1 saturated carbocycles. The van der Waals surface area contributed by atoms with Crippen LogP contribution in [0.4, 0.5) is 0 Å². The number of hydrazone groups is 1. The van der Waals surface area contributed by atoms with Crippen LogP contribution >= 0.6 is 23.2 Å². The van der Waals surface area contributed by atoms with Crippen LogP contribution in [0.1, 0.15) is 18.4 Å². The SMILES string of the molecule is O=C([O-])COc1c(Cl)cc(/C=N\NC(=O)C(=O)NC2CC2)cc1Cl. The predicted molar refractivity (Wildman–Crippen MR) is 83.9 cm³/mol. The molecular formula is C14H12Cl2N3O5-. The number of amides is 2. The fourth-order valence-electron chi connectivity index (χ4n) is 1.62. The van der Waals surface area contributed by atoms with Crippen LogP contribution < -0.4 is 20.6 Å². The number of nitrogens with one attached hydrogen (secondary N) is 2. The van der Waals surface area contributed by atoms with Crippen molar-refractivity contribution in [1.29, 1.82) is 0 Å². The average Bonchev–Trinajstić information content (AvgIpc) is 3.29.